The standard InChI is InChI=1S/C16H32N2O/c1-5-7-13-8-10-14(11-9-13)17-12-15(19)18-16(3,4)6-2/h13-14,17H,5-12H2,1-4H3,(H,18,19). The third-order valence-electron chi connectivity index (χ3n) is 4.46. The monoisotopic (exact) mass is 268 g/mol. The molecule has 19 heavy (non-hydrogen) atoms. The van der Waals surface area contributed by atoms with Gasteiger partial charge in [-0.3, -0.25) is 4.79 Å². The summed E-state index contributed by atoms with van der Waals surface area (Å²) in [6.45, 7) is 8.97. The predicted octanol–water partition coefficient (Wildman–Crippen LogP) is 3.24. The van der Waals surface area contributed by atoms with Crippen LogP contribution in [0.25, 0.3) is 0 Å². The van der Waals surface area contributed by atoms with Crippen LogP contribution in [0.3, 0.4) is 0 Å². The average molecular weight is 268 g/mol. The van der Waals surface area contributed by atoms with Crippen molar-refractivity contribution in [1.29, 1.82) is 0 Å². The van der Waals surface area contributed by atoms with Crippen LogP contribution >= 0.6 is 0 Å². The second-order valence-electron chi connectivity index (χ2n) is 6.67. The van der Waals surface area contributed by atoms with Gasteiger partial charge in [-0.05, 0) is 51.9 Å². The number of hydrogen-bond acceptors (Lipinski definition) is 2. The van der Waals surface area contributed by atoms with E-state index in [1.165, 1.54) is 38.5 Å². The Morgan fingerprint density at radius 3 is 2.32 bits per heavy atom. The van der Waals surface area contributed by atoms with Crippen molar-refractivity contribution in [1.82, 2.24) is 10.6 Å². The molecule has 0 aromatic carbocycles. The van der Waals surface area contributed by atoms with Crippen molar-refractivity contribution in [3.63, 3.8) is 0 Å². The Hall–Kier alpha value is -0.570. The Morgan fingerprint density at radius 1 is 1.16 bits per heavy atom. The normalized spacial score (nSPS) is 24.2. The second kappa shape index (κ2) is 7.88. The molecule has 0 unspecified atom stereocenters. The predicted molar refractivity (Wildman–Crippen MR) is 81.2 cm³/mol. The molecule has 1 saturated carbocycles. The zero-order chi connectivity index (χ0) is 14.3. The first-order chi connectivity index (χ1) is 8.96. The maximum absolute atomic E-state index is 11.9. The molecule has 2 N–H and O–H groups in total. The smallest absolute Gasteiger partial charge is 0.234 e. The van der Waals surface area contributed by atoms with Crippen molar-refractivity contribution in [3.8, 4) is 0 Å². The van der Waals surface area contributed by atoms with Gasteiger partial charge in [-0.15, -0.1) is 0 Å². The molecule has 1 aliphatic rings. The molecule has 1 rings (SSSR count). The van der Waals surface area contributed by atoms with Crippen LogP contribution in [0, 0.1) is 5.92 Å². The van der Waals surface area contributed by atoms with Crippen LogP contribution in [0.15, 0.2) is 0 Å². The van der Waals surface area contributed by atoms with Crippen LogP contribution in [0.5, 0.6) is 0 Å². The van der Waals surface area contributed by atoms with E-state index in [4.69, 9.17) is 0 Å². The highest BCUT2D eigenvalue weighted by atomic mass is 16.2. The van der Waals surface area contributed by atoms with Gasteiger partial charge in [0.25, 0.3) is 0 Å². The summed E-state index contributed by atoms with van der Waals surface area (Å²) in [5.74, 6) is 1.05. The maximum atomic E-state index is 11.9. The zero-order valence-electron chi connectivity index (χ0n) is 13.2. The molecule has 0 radical (unpaired) electrons. The molecule has 0 spiro atoms. The maximum Gasteiger partial charge on any atom is 0.234 e. The van der Waals surface area contributed by atoms with Crippen LogP contribution in [-0.4, -0.2) is 24.0 Å². The number of carbonyl (C=O) groups is 1. The summed E-state index contributed by atoms with van der Waals surface area (Å²) in [5, 5.41) is 6.49. The van der Waals surface area contributed by atoms with Gasteiger partial charge in [-0.1, -0.05) is 26.7 Å². The molecule has 0 heterocycles. The van der Waals surface area contributed by atoms with Gasteiger partial charge in [0.2, 0.25) is 5.91 Å². The van der Waals surface area contributed by atoms with Gasteiger partial charge in [-0.2, -0.15) is 0 Å². The van der Waals surface area contributed by atoms with E-state index in [0.717, 1.165) is 12.3 Å². The molecule has 0 aromatic heterocycles. The fraction of sp³-hybridized carbons (Fsp3) is 0.938. The number of hydrogen-bond donors (Lipinski definition) is 2. The van der Waals surface area contributed by atoms with E-state index < -0.39 is 0 Å². The van der Waals surface area contributed by atoms with E-state index in [0.29, 0.717) is 12.6 Å². The average Bonchev–Trinajstić information content (AvgIpc) is 2.38. The lowest BCUT2D eigenvalue weighted by molar-refractivity contribution is -0.122. The lowest BCUT2D eigenvalue weighted by Gasteiger charge is -2.30. The van der Waals surface area contributed by atoms with Crippen LogP contribution in [-0.2, 0) is 4.79 Å². The minimum absolute atomic E-state index is 0.0858. The molecule has 0 atom stereocenters. The highest BCUT2D eigenvalue weighted by Crippen LogP contribution is 2.27. The van der Waals surface area contributed by atoms with Gasteiger partial charge < -0.3 is 10.6 Å². The molecular weight excluding hydrogens is 236 g/mol. The molecule has 0 aliphatic heterocycles. The van der Waals surface area contributed by atoms with Crippen molar-refractivity contribution < 1.29 is 4.79 Å². The van der Waals surface area contributed by atoms with Gasteiger partial charge >= 0.3 is 0 Å². The molecule has 0 aromatic rings. The molecule has 3 nitrogen and oxygen atoms in total. The molecule has 3 heteroatoms. The van der Waals surface area contributed by atoms with E-state index in [1.807, 2.05) is 0 Å². The number of carbonyl (C=O) groups excluding carboxylic acids is 1. The Kier molecular flexibility index (Phi) is 6.84. The largest absolute Gasteiger partial charge is 0.350 e. The molecule has 1 fully saturated rings. The van der Waals surface area contributed by atoms with Gasteiger partial charge in [-0.25, -0.2) is 0 Å². The van der Waals surface area contributed by atoms with E-state index in [1.54, 1.807) is 0 Å². The van der Waals surface area contributed by atoms with Crippen molar-refractivity contribution >= 4 is 5.91 Å². The molecule has 1 aliphatic carbocycles. The van der Waals surface area contributed by atoms with Gasteiger partial charge in [0, 0.05) is 11.6 Å². The third-order valence-corrected chi connectivity index (χ3v) is 4.46. The van der Waals surface area contributed by atoms with Crippen molar-refractivity contribution in [3.05, 3.63) is 0 Å². The summed E-state index contributed by atoms with van der Waals surface area (Å²) in [7, 11) is 0. The van der Waals surface area contributed by atoms with Crippen LogP contribution < -0.4 is 10.6 Å². The molecule has 0 bridgehead atoms. The first kappa shape index (κ1) is 16.5. The minimum Gasteiger partial charge on any atom is -0.350 e. The van der Waals surface area contributed by atoms with E-state index in [-0.39, 0.29) is 11.4 Å². The molecule has 0 saturated heterocycles. The van der Waals surface area contributed by atoms with Crippen molar-refractivity contribution in [2.75, 3.05) is 6.54 Å². The number of rotatable bonds is 7. The lowest BCUT2D eigenvalue weighted by Crippen LogP contribution is -2.48. The Morgan fingerprint density at radius 2 is 1.79 bits per heavy atom. The van der Waals surface area contributed by atoms with Crippen LogP contribution in [0.1, 0.15) is 72.6 Å². The Bertz CT molecular complexity index is 268. The summed E-state index contributed by atoms with van der Waals surface area (Å²) >= 11 is 0. The van der Waals surface area contributed by atoms with Gasteiger partial charge in [0.05, 0.1) is 6.54 Å². The summed E-state index contributed by atoms with van der Waals surface area (Å²) < 4.78 is 0. The molecule has 112 valence electrons. The van der Waals surface area contributed by atoms with Crippen LogP contribution in [0.2, 0.25) is 0 Å². The van der Waals surface area contributed by atoms with E-state index >= 15 is 0 Å². The third kappa shape index (κ3) is 6.42. The summed E-state index contributed by atoms with van der Waals surface area (Å²) in [5.41, 5.74) is -0.0858. The number of nitrogens with one attached hydrogen (secondary N) is 2. The fourth-order valence-corrected chi connectivity index (χ4v) is 2.81. The SMILES string of the molecule is CCCC1CCC(NCC(=O)NC(C)(C)CC)CC1. The highest BCUT2D eigenvalue weighted by Gasteiger charge is 2.22. The van der Waals surface area contributed by atoms with E-state index in [2.05, 4.69) is 38.3 Å². The molecular formula is C16H32N2O. The Balaban J connectivity index is 2.18. The first-order valence-corrected chi connectivity index (χ1v) is 8.01. The van der Waals surface area contributed by atoms with E-state index in [9.17, 15) is 4.79 Å². The quantitative estimate of drug-likeness (QED) is 0.744. The second-order valence-corrected chi connectivity index (χ2v) is 6.67. The summed E-state index contributed by atoms with van der Waals surface area (Å²) in [6.07, 6.45) is 8.75. The van der Waals surface area contributed by atoms with Crippen molar-refractivity contribution in [2.45, 2.75) is 84.2 Å². The highest BCUT2D eigenvalue weighted by molar-refractivity contribution is 5.78. The van der Waals surface area contributed by atoms with Crippen molar-refractivity contribution in [2.24, 2.45) is 5.92 Å². The number of amides is 1. The lowest BCUT2D eigenvalue weighted by atomic mass is 9.83. The summed E-state index contributed by atoms with van der Waals surface area (Å²) in [6, 6.07) is 0.545. The van der Waals surface area contributed by atoms with Gasteiger partial charge in [0.1, 0.15) is 0 Å². The van der Waals surface area contributed by atoms with Crippen LogP contribution in [0.4, 0.5) is 0 Å². The molecule has 1 amide bonds. The minimum atomic E-state index is -0.0858. The fourth-order valence-electron chi connectivity index (χ4n) is 2.81. The topological polar surface area (TPSA) is 41.1 Å². The first-order valence-electron chi connectivity index (χ1n) is 8.01. The summed E-state index contributed by atoms with van der Waals surface area (Å²) in [4.78, 5) is 11.9. The van der Waals surface area contributed by atoms with Gasteiger partial charge in [0.15, 0.2) is 0 Å². The zero-order valence-corrected chi connectivity index (χ0v) is 13.2. The Labute approximate surface area is 118 Å².